The minimum Gasteiger partial charge on any atom is -0.315 e. The Morgan fingerprint density at radius 3 is 2.76 bits per heavy atom. The minimum absolute atomic E-state index is 0.231. The lowest BCUT2D eigenvalue weighted by Crippen LogP contribution is -2.41. The molecule has 0 amide bonds. The predicted molar refractivity (Wildman–Crippen MR) is 64.1 cm³/mol. The quantitative estimate of drug-likeness (QED) is 0.589. The fourth-order valence-corrected chi connectivity index (χ4v) is 2.62. The van der Waals surface area contributed by atoms with E-state index >= 15 is 0 Å². The molecule has 0 radical (unpaired) electrons. The van der Waals surface area contributed by atoms with Gasteiger partial charge in [0.25, 0.3) is 5.69 Å². The first-order valence-electron chi connectivity index (χ1n) is 5.97. The summed E-state index contributed by atoms with van der Waals surface area (Å²) in [5.74, 6) is 0.460. The molecule has 2 aliphatic rings. The number of nitro groups is 1. The van der Waals surface area contributed by atoms with Crippen LogP contribution >= 0.6 is 0 Å². The summed E-state index contributed by atoms with van der Waals surface area (Å²) in [5, 5.41) is 17.4. The molecule has 2 N–H and O–H groups in total. The van der Waals surface area contributed by atoms with E-state index in [1.165, 1.54) is 11.1 Å². The average Bonchev–Trinajstić information content (AvgIpc) is 2.26. The zero-order chi connectivity index (χ0) is 11.8. The van der Waals surface area contributed by atoms with E-state index in [1.807, 2.05) is 0 Å². The molecule has 1 aromatic rings. The summed E-state index contributed by atoms with van der Waals surface area (Å²) in [7, 11) is 0. The van der Waals surface area contributed by atoms with Gasteiger partial charge in [0.2, 0.25) is 0 Å². The van der Waals surface area contributed by atoms with E-state index in [2.05, 4.69) is 10.6 Å². The lowest BCUT2D eigenvalue weighted by molar-refractivity contribution is -0.385. The SMILES string of the molecule is O=[N+]([O-])c1cc2c(c(C3CNC3)c1)CCNC2. The highest BCUT2D eigenvalue weighted by atomic mass is 16.6. The third kappa shape index (κ3) is 1.81. The molecule has 0 aromatic heterocycles. The van der Waals surface area contributed by atoms with Crippen molar-refractivity contribution in [1.82, 2.24) is 10.6 Å². The van der Waals surface area contributed by atoms with Crippen molar-refractivity contribution in [2.45, 2.75) is 18.9 Å². The van der Waals surface area contributed by atoms with Gasteiger partial charge in [-0.1, -0.05) is 0 Å². The molecule has 0 aliphatic carbocycles. The van der Waals surface area contributed by atoms with Crippen molar-refractivity contribution in [3.63, 3.8) is 0 Å². The standard InChI is InChI=1S/C12H15N3O2/c16-15(17)10-3-8-5-13-2-1-11(8)12(4-10)9-6-14-7-9/h3-4,9,13-14H,1-2,5-7H2. The van der Waals surface area contributed by atoms with Gasteiger partial charge in [0.1, 0.15) is 0 Å². The molecule has 2 aliphatic heterocycles. The molecule has 0 spiro atoms. The lowest BCUT2D eigenvalue weighted by atomic mass is 9.84. The molecule has 17 heavy (non-hydrogen) atoms. The van der Waals surface area contributed by atoms with Crippen LogP contribution < -0.4 is 10.6 Å². The van der Waals surface area contributed by atoms with Gasteiger partial charge in [-0.25, -0.2) is 0 Å². The Labute approximate surface area is 99.4 Å². The summed E-state index contributed by atoms with van der Waals surface area (Å²) in [6.07, 6.45) is 0.985. The molecular formula is C12H15N3O2. The van der Waals surface area contributed by atoms with Crippen LogP contribution in [0.2, 0.25) is 0 Å². The highest BCUT2D eigenvalue weighted by Gasteiger charge is 2.27. The zero-order valence-corrected chi connectivity index (χ0v) is 9.53. The number of rotatable bonds is 2. The van der Waals surface area contributed by atoms with Gasteiger partial charge >= 0.3 is 0 Å². The molecule has 0 saturated carbocycles. The van der Waals surface area contributed by atoms with Crippen molar-refractivity contribution in [2.75, 3.05) is 19.6 Å². The minimum atomic E-state index is -0.287. The molecule has 5 nitrogen and oxygen atoms in total. The number of nitro benzene ring substituents is 1. The summed E-state index contributed by atoms with van der Waals surface area (Å²) in [6, 6.07) is 3.49. The molecule has 0 unspecified atom stereocenters. The van der Waals surface area contributed by atoms with Crippen LogP contribution in [0.25, 0.3) is 0 Å². The van der Waals surface area contributed by atoms with Crippen LogP contribution in [0.3, 0.4) is 0 Å². The number of fused-ring (bicyclic) bond motifs is 1. The molecule has 1 fully saturated rings. The van der Waals surface area contributed by atoms with Crippen molar-refractivity contribution in [1.29, 1.82) is 0 Å². The van der Waals surface area contributed by atoms with E-state index in [0.717, 1.165) is 38.2 Å². The van der Waals surface area contributed by atoms with Crippen LogP contribution in [0, 0.1) is 10.1 Å². The number of hydrogen-bond acceptors (Lipinski definition) is 4. The number of non-ortho nitro benzene ring substituents is 1. The third-order valence-corrected chi connectivity index (χ3v) is 3.66. The Hall–Kier alpha value is -1.46. The maximum Gasteiger partial charge on any atom is 0.270 e. The van der Waals surface area contributed by atoms with Crippen LogP contribution in [0.4, 0.5) is 5.69 Å². The summed E-state index contributed by atoms with van der Waals surface area (Å²) in [6.45, 7) is 3.62. The maximum atomic E-state index is 10.9. The van der Waals surface area contributed by atoms with E-state index in [0.29, 0.717) is 5.92 Å². The topological polar surface area (TPSA) is 67.2 Å². The molecule has 1 saturated heterocycles. The Morgan fingerprint density at radius 1 is 1.29 bits per heavy atom. The first kappa shape index (κ1) is 10.7. The van der Waals surface area contributed by atoms with Gasteiger partial charge < -0.3 is 10.6 Å². The van der Waals surface area contributed by atoms with Gasteiger partial charge in [0.05, 0.1) is 4.92 Å². The molecule has 0 bridgehead atoms. The molecule has 90 valence electrons. The van der Waals surface area contributed by atoms with Gasteiger partial charge in [-0.2, -0.15) is 0 Å². The summed E-state index contributed by atoms with van der Waals surface area (Å²) < 4.78 is 0. The first-order chi connectivity index (χ1) is 8.25. The van der Waals surface area contributed by atoms with Crippen molar-refractivity contribution in [2.24, 2.45) is 0 Å². The van der Waals surface area contributed by atoms with E-state index in [-0.39, 0.29) is 10.6 Å². The average molecular weight is 233 g/mol. The number of nitrogens with one attached hydrogen (secondary N) is 2. The molecule has 3 rings (SSSR count). The second kappa shape index (κ2) is 4.09. The zero-order valence-electron chi connectivity index (χ0n) is 9.53. The highest BCUT2D eigenvalue weighted by Crippen LogP contribution is 2.32. The van der Waals surface area contributed by atoms with Gasteiger partial charge in [-0.15, -0.1) is 0 Å². The van der Waals surface area contributed by atoms with Crippen molar-refractivity contribution < 1.29 is 4.92 Å². The Bertz CT molecular complexity index is 469. The monoisotopic (exact) mass is 233 g/mol. The summed E-state index contributed by atoms with van der Waals surface area (Å²) >= 11 is 0. The third-order valence-electron chi connectivity index (χ3n) is 3.66. The van der Waals surface area contributed by atoms with Gasteiger partial charge in [0, 0.05) is 37.7 Å². The van der Waals surface area contributed by atoms with Crippen molar-refractivity contribution >= 4 is 5.69 Å². The number of benzene rings is 1. The smallest absolute Gasteiger partial charge is 0.270 e. The van der Waals surface area contributed by atoms with Crippen molar-refractivity contribution in [3.8, 4) is 0 Å². The van der Waals surface area contributed by atoms with Crippen LogP contribution in [0.15, 0.2) is 12.1 Å². The van der Waals surface area contributed by atoms with Crippen LogP contribution in [0.1, 0.15) is 22.6 Å². The largest absolute Gasteiger partial charge is 0.315 e. The number of hydrogen-bond donors (Lipinski definition) is 2. The molecule has 1 aromatic carbocycles. The van der Waals surface area contributed by atoms with E-state index in [4.69, 9.17) is 0 Å². The highest BCUT2D eigenvalue weighted by molar-refractivity contribution is 5.49. The normalized spacial score (nSPS) is 19.5. The molecule has 2 heterocycles. The fourth-order valence-electron chi connectivity index (χ4n) is 2.62. The first-order valence-corrected chi connectivity index (χ1v) is 5.97. The summed E-state index contributed by atoms with van der Waals surface area (Å²) in [5.41, 5.74) is 3.86. The van der Waals surface area contributed by atoms with E-state index in [1.54, 1.807) is 12.1 Å². The second-order valence-electron chi connectivity index (χ2n) is 4.71. The Balaban J connectivity index is 2.09. The summed E-state index contributed by atoms with van der Waals surface area (Å²) in [4.78, 5) is 10.7. The Morgan fingerprint density at radius 2 is 2.12 bits per heavy atom. The van der Waals surface area contributed by atoms with Crippen LogP contribution in [0.5, 0.6) is 0 Å². The van der Waals surface area contributed by atoms with Gasteiger partial charge in [-0.3, -0.25) is 10.1 Å². The van der Waals surface area contributed by atoms with Gasteiger partial charge in [-0.05, 0) is 29.7 Å². The molecule has 5 heteroatoms. The van der Waals surface area contributed by atoms with Crippen LogP contribution in [-0.2, 0) is 13.0 Å². The Kier molecular flexibility index (Phi) is 2.57. The van der Waals surface area contributed by atoms with E-state index < -0.39 is 0 Å². The lowest BCUT2D eigenvalue weighted by Gasteiger charge is -2.31. The van der Waals surface area contributed by atoms with Gasteiger partial charge in [0.15, 0.2) is 0 Å². The predicted octanol–water partition coefficient (Wildman–Crippen LogP) is 0.927. The van der Waals surface area contributed by atoms with Crippen LogP contribution in [-0.4, -0.2) is 24.6 Å². The second-order valence-corrected chi connectivity index (χ2v) is 4.71. The van der Waals surface area contributed by atoms with E-state index in [9.17, 15) is 10.1 Å². The maximum absolute atomic E-state index is 10.9. The fraction of sp³-hybridized carbons (Fsp3) is 0.500. The molecular weight excluding hydrogens is 218 g/mol. The molecule has 0 atom stereocenters. The van der Waals surface area contributed by atoms with Crippen molar-refractivity contribution in [3.05, 3.63) is 38.9 Å². The number of nitrogens with zero attached hydrogens (tertiary/aromatic N) is 1.